The number of hydrogen-bond donors (Lipinski definition) is 1. The molecule has 37 heavy (non-hydrogen) atoms. The molecular formula is C30H34N2O5. The van der Waals surface area contributed by atoms with Gasteiger partial charge in [0.05, 0.1) is 25.5 Å². The zero-order valence-electron chi connectivity index (χ0n) is 22.0. The van der Waals surface area contributed by atoms with Crippen molar-refractivity contribution in [3.63, 3.8) is 0 Å². The van der Waals surface area contributed by atoms with Crippen LogP contribution < -0.4 is 19.6 Å². The molecule has 0 saturated carbocycles. The van der Waals surface area contributed by atoms with E-state index in [0.29, 0.717) is 34.8 Å². The lowest BCUT2D eigenvalue weighted by molar-refractivity contribution is 0.0729. The minimum Gasteiger partial charge on any atom is -0.494 e. The van der Waals surface area contributed by atoms with Gasteiger partial charge in [-0.05, 0) is 77.6 Å². The Morgan fingerprint density at radius 2 is 1.59 bits per heavy atom. The van der Waals surface area contributed by atoms with Crippen molar-refractivity contribution in [1.29, 1.82) is 0 Å². The number of carbonyl (C=O) groups excluding carboxylic acids is 2. The van der Waals surface area contributed by atoms with E-state index in [1.807, 2.05) is 12.1 Å². The molecule has 0 aromatic heterocycles. The van der Waals surface area contributed by atoms with E-state index >= 15 is 0 Å². The van der Waals surface area contributed by atoms with E-state index in [-0.39, 0.29) is 17.1 Å². The van der Waals surface area contributed by atoms with Gasteiger partial charge in [-0.1, -0.05) is 46.2 Å². The predicted molar refractivity (Wildman–Crippen MR) is 145 cm³/mol. The number of benzene rings is 3. The van der Waals surface area contributed by atoms with Crippen molar-refractivity contribution in [3.05, 3.63) is 89.0 Å². The Labute approximate surface area is 218 Å². The Hall–Kier alpha value is -4.13. The third kappa shape index (κ3) is 7.93. The van der Waals surface area contributed by atoms with Crippen molar-refractivity contribution < 1.29 is 23.8 Å². The first-order chi connectivity index (χ1) is 17.7. The smallest absolute Gasteiger partial charge is 0.343 e. The van der Waals surface area contributed by atoms with Crippen LogP contribution in [0.1, 0.15) is 72.4 Å². The molecular weight excluding hydrogens is 468 g/mol. The maximum Gasteiger partial charge on any atom is 0.343 e. The first kappa shape index (κ1) is 27.5. The minimum atomic E-state index is -0.510. The van der Waals surface area contributed by atoms with E-state index in [2.05, 4.69) is 38.2 Å². The molecule has 0 spiro atoms. The quantitative estimate of drug-likeness (QED) is 0.118. The summed E-state index contributed by atoms with van der Waals surface area (Å²) in [7, 11) is 1.49. The molecule has 3 aromatic rings. The molecule has 0 fully saturated rings. The highest BCUT2D eigenvalue weighted by Gasteiger charge is 2.15. The zero-order valence-corrected chi connectivity index (χ0v) is 22.0. The van der Waals surface area contributed by atoms with Crippen LogP contribution in [0.25, 0.3) is 0 Å². The Balaban J connectivity index is 1.60. The monoisotopic (exact) mass is 502 g/mol. The molecule has 3 rings (SSSR count). The highest BCUT2D eigenvalue weighted by atomic mass is 16.6. The summed E-state index contributed by atoms with van der Waals surface area (Å²) < 4.78 is 16.5. The number of methoxy groups -OCH3 is 1. The van der Waals surface area contributed by atoms with Gasteiger partial charge in [0.15, 0.2) is 11.5 Å². The topological polar surface area (TPSA) is 86.2 Å². The molecule has 0 aliphatic heterocycles. The summed E-state index contributed by atoms with van der Waals surface area (Å²) in [6.07, 6.45) is 3.52. The van der Waals surface area contributed by atoms with E-state index in [1.165, 1.54) is 13.3 Å². The maximum absolute atomic E-state index is 12.6. The van der Waals surface area contributed by atoms with E-state index in [9.17, 15) is 9.59 Å². The largest absolute Gasteiger partial charge is 0.494 e. The van der Waals surface area contributed by atoms with Gasteiger partial charge in [-0.2, -0.15) is 5.10 Å². The van der Waals surface area contributed by atoms with Gasteiger partial charge in [-0.3, -0.25) is 4.79 Å². The molecule has 0 atom stereocenters. The second-order valence-corrected chi connectivity index (χ2v) is 9.55. The van der Waals surface area contributed by atoms with Crippen molar-refractivity contribution in [2.45, 2.75) is 46.0 Å². The summed E-state index contributed by atoms with van der Waals surface area (Å²) in [5, 5.41) is 4.04. The number of rotatable bonds is 10. The summed E-state index contributed by atoms with van der Waals surface area (Å²) in [6, 6.07) is 19.3. The lowest BCUT2D eigenvalue weighted by atomic mass is 9.87. The van der Waals surface area contributed by atoms with Crippen molar-refractivity contribution >= 4 is 18.1 Å². The molecule has 1 N–H and O–H groups in total. The van der Waals surface area contributed by atoms with Gasteiger partial charge >= 0.3 is 5.97 Å². The molecule has 0 aliphatic rings. The number of hydrazone groups is 1. The SMILES string of the molecule is CCCCOc1ccc(C(=O)Oc2ccc(/C=N\NC(=O)c3ccc(C(C)(C)C)cc3)cc2OC)cc1. The Morgan fingerprint density at radius 1 is 0.919 bits per heavy atom. The number of hydrogen-bond acceptors (Lipinski definition) is 6. The molecule has 0 unspecified atom stereocenters. The number of nitrogens with zero attached hydrogens (tertiary/aromatic N) is 1. The fourth-order valence-corrected chi connectivity index (χ4v) is 3.38. The highest BCUT2D eigenvalue weighted by Crippen LogP contribution is 2.28. The van der Waals surface area contributed by atoms with Crippen LogP contribution in [-0.4, -0.2) is 31.8 Å². The fourth-order valence-electron chi connectivity index (χ4n) is 3.38. The van der Waals surface area contributed by atoms with E-state index in [4.69, 9.17) is 14.2 Å². The van der Waals surface area contributed by atoms with Gasteiger partial charge in [0.2, 0.25) is 0 Å². The van der Waals surface area contributed by atoms with Crippen LogP contribution in [0.3, 0.4) is 0 Å². The zero-order chi connectivity index (χ0) is 26.8. The van der Waals surface area contributed by atoms with Crippen molar-refractivity contribution in [1.82, 2.24) is 5.43 Å². The average molecular weight is 503 g/mol. The summed E-state index contributed by atoms with van der Waals surface area (Å²) in [5.41, 5.74) is 5.26. The number of unbranched alkanes of at least 4 members (excludes halogenated alkanes) is 1. The van der Waals surface area contributed by atoms with Crippen molar-refractivity contribution in [2.75, 3.05) is 13.7 Å². The Kier molecular flexibility index (Phi) is 9.44. The first-order valence-electron chi connectivity index (χ1n) is 12.3. The minimum absolute atomic E-state index is 0.0141. The van der Waals surface area contributed by atoms with Crippen molar-refractivity contribution in [3.8, 4) is 17.2 Å². The lowest BCUT2D eigenvalue weighted by Crippen LogP contribution is -2.18. The van der Waals surface area contributed by atoms with Gasteiger partial charge in [-0.25, -0.2) is 10.2 Å². The second-order valence-electron chi connectivity index (χ2n) is 9.55. The number of carbonyl (C=O) groups is 2. The maximum atomic E-state index is 12.6. The van der Waals surface area contributed by atoms with Crippen LogP contribution in [0.15, 0.2) is 71.8 Å². The summed E-state index contributed by atoms with van der Waals surface area (Å²) in [6.45, 7) is 9.10. The normalized spacial score (nSPS) is 11.3. The average Bonchev–Trinajstić information content (AvgIpc) is 2.89. The molecule has 0 saturated heterocycles. The van der Waals surface area contributed by atoms with Gasteiger partial charge in [-0.15, -0.1) is 0 Å². The molecule has 1 amide bonds. The highest BCUT2D eigenvalue weighted by molar-refractivity contribution is 5.95. The van der Waals surface area contributed by atoms with Gasteiger partial charge < -0.3 is 14.2 Å². The fraction of sp³-hybridized carbons (Fsp3) is 0.300. The van der Waals surface area contributed by atoms with Crippen LogP contribution >= 0.6 is 0 Å². The number of ether oxygens (including phenoxy) is 3. The molecule has 7 heteroatoms. The van der Waals surface area contributed by atoms with Crippen molar-refractivity contribution in [2.24, 2.45) is 5.10 Å². The summed E-state index contributed by atoms with van der Waals surface area (Å²) in [4.78, 5) is 25.0. The van der Waals surface area contributed by atoms with E-state index in [0.717, 1.165) is 18.4 Å². The number of amides is 1. The van der Waals surface area contributed by atoms with E-state index < -0.39 is 5.97 Å². The Morgan fingerprint density at radius 3 is 2.22 bits per heavy atom. The number of esters is 1. The third-order valence-corrected chi connectivity index (χ3v) is 5.64. The van der Waals surface area contributed by atoms with E-state index in [1.54, 1.807) is 54.6 Å². The molecule has 194 valence electrons. The van der Waals surface area contributed by atoms with Crippen LogP contribution in [0.5, 0.6) is 17.2 Å². The molecule has 7 nitrogen and oxygen atoms in total. The van der Waals surface area contributed by atoms with Gasteiger partial charge in [0.25, 0.3) is 5.91 Å². The molecule has 3 aromatic carbocycles. The van der Waals surface area contributed by atoms with Gasteiger partial charge in [0, 0.05) is 5.56 Å². The van der Waals surface area contributed by atoms with Crippen LogP contribution in [-0.2, 0) is 5.41 Å². The van der Waals surface area contributed by atoms with Gasteiger partial charge in [0.1, 0.15) is 5.75 Å². The number of nitrogens with one attached hydrogen (secondary N) is 1. The van der Waals surface area contributed by atoms with Crippen LogP contribution in [0.4, 0.5) is 0 Å². The standard InChI is InChI=1S/C30H34N2O5/c1-6-7-18-36-25-15-11-23(12-16-25)29(34)37-26-17-8-21(19-27(26)35-5)20-31-32-28(33)22-9-13-24(14-10-22)30(2,3)4/h8-17,19-20H,6-7,18H2,1-5H3,(H,32,33)/b31-20-. The summed E-state index contributed by atoms with van der Waals surface area (Å²) in [5.74, 6) is 0.526. The summed E-state index contributed by atoms with van der Waals surface area (Å²) >= 11 is 0. The second kappa shape index (κ2) is 12.7. The Bertz CT molecular complexity index is 1230. The molecule has 0 heterocycles. The molecule has 0 bridgehead atoms. The molecule has 0 aliphatic carbocycles. The van der Waals surface area contributed by atoms with Crippen LogP contribution in [0.2, 0.25) is 0 Å². The van der Waals surface area contributed by atoms with Crippen LogP contribution in [0, 0.1) is 0 Å². The molecule has 0 radical (unpaired) electrons. The third-order valence-electron chi connectivity index (χ3n) is 5.64. The predicted octanol–water partition coefficient (Wildman–Crippen LogP) is 6.15. The lowest BCUT2D eigenvalue weighted by Gasteiger charge is -2.18. The first-order valence-corrected chi connectivity index (χ1v) is 12.3.